The van der Waals surface area contributed by atoms with Crippen LogP contribution in [0.25, 0.3) is 11.6 Å². The zero-order chi connectivity index (χ0) is 20.2. The maximum Gasteiger partial charge on any atom is 0.119 e. The Hall–Kier alpha value is -3.04. The van der Waals surface area contributed by atoms with Crippen LogP contribution in [0.5, 0.6) is 11.5 Å². The van der Waals surface area contributed by atoms with Crippen LogP contribution in [-0.4, -0.2) is 39.3 Å². The third-order valence-electron chi connectivity index (χ3n) is 5.35. The van der Waals surface area contributed by atoms with Gasteiger partial charge < -0.3 is 14.4 Å². The highest BCUT2D eigenvalue weighted by Crippen LogP contribution is 2.46. The zero-order valence-electron chi connectivity index (χ0n) is 17.3. The average Bonchev–Trinajstić information content (AvgIpc) is 3.13. The molecule has 1 aliphatic carbocycles. The van der Waals surface area contributed by atoms with Gasteiger partial charge in [-0.15, -0.1) is 0 Å². The highest BCUT2D eigenvalue weighted by molar-refractivity contribution is 5.93. The molecule has 0 saturated heterocycles. The molecule has 1 atom stereocenters. The van der Waals surface area contributed by atoms with Gasteiger partial charge in [-0.3, -0.25) is 0 Å². The van der Waals surface area contributed by atoms with E-state index in [-0.39, 0.29) is 5.92 Å². The van der Waals surface area contributed by atoms with Gasteiger partial charge in [0.05, 0.1) is 7.11 Å². The molecule has 3 nitrogen and oxygen atoms in total. The molecule has 0 spiro atoms. The maximum absolute atomic E-state index is 5.87. The minimum atomic E-state index is 0.203. The van der Waals surface area contributed by atoms with Gasteiger partial charge in [0, 0.05) is 12.5 Å². The van der Waals surface area contributed by atoms with Crippen molar-refractivity contribution in [1.29, 1.82) is 0 Å². The van der Waals surface area contributed by atoms with Crippen molar-refractivity contribution in [3.63, 3.8) is 0 Å². The van der Waals surface area contributed by atoms with Gasteiger partial charge in [-0.2, -0.15) is 0 Å². The summed E-state index contributed by atoms with van der Waals surface area (Å²) in [6.07, 6.45) is 2.29. The van der Waals surface area contributed by atoms with Crippen LogP contribution in [0.15, 0.2) is 72.8 Å². The molecule has 3 aromatic carbocycles. The third-order valence-corrected chi connectivity index (χ3v) is 5.35. The fourth-order valence-corrected chi connectivity index (χ4v) is 3.83. The number of hydrogen-bond acceptors (Lipinski definition) is 3. The standard InChI is InChI=1S/C26H27NO2/c1-27(2)15-16-29-22-11-9-20(10-12-22)26-24-14-13-23(28-3)17-21(24)18-25(26)19-7-5-4-6-8-19/h4-14,17-18,26H,15-16H2,1-3H3. The maximum atomic E-state index is 5.87. The van der Waals surface area contributed by atoms with Crippen LogP contribution in [0.3, 0.4) is 0 Å². The smallest absolute Gasteiger partial charge is 0.119 e. The Morgan fingerprint density at radius 2 is 1.59 bits per heavy atom. The predicted molar refractivity (Wildman–Crippen MR) is 120 cm³/mol. The van der Waals surface area contributed by atoms with Crippen LogP contribution >= 0.6 is 0 Å². The molecule has 3 heteroatoms. The molecule has 0 radical (unpaired) electrons. The van der Waals surface area contributed by atoms with E-state index in [2.05, 4.69) is 91.8 Å². The first-order valence-corrected chi connectivity index (χ1v) is 9.98. The molecule has 0 aliphatic heterocycles. The van der Waals surface area contributed by atoms with Gasteiger partial charge in [0.1, 0.15) is 18.1 Å². The summed E-state index contributed by atoms with van der Waals surface area (Å²) in [5, 5.41) is 0. The molecule has 0 heterocycles. The summed E-state index contributed by atoms with van der Waals surface area (Å²) in [6, 6.07) is 25.5. The fourth-order valence-electron chi connectivity index (χ4n) is 3.83. The molecule has 1 unspecified atom stereocenters. The van der Waals surface area contributed by atoms with Crippen molar-refractivity contribution in [2.75, 3.05) is 34.4 Å². The molecule has 4 rings (SSSR count). The Balaban J connectivity index is 1.66. The first-order valence-electron chi connectivity index (χ1n) is 9.98. The van der Waals surface area contributed by atoms with E-state index >= 15 is 0 Å². The number of rotatable bonds is 7. The molecule has 0 N–H and O–H groups in total. The molecule has 0 bridgehead atoms. The van der Waals surface area contributed by atoms with Gasteiger partial charge in [-0.25, -0.2) is 0 Å². The van der Waals surface area contributed by atoms with Crippen LogP contribution in [0.2, 0.25) is 0 Å². The first kappa shape index (κ1) is 19.3. The monoisotopic (exact) mass is 385 g/mol. The van der Waals surface area contributed by atoms with Crippen molar-refractivity contribution in [2.45, 2.75) is 5.92 Å². The van der Waals surface area contributed by atoms with E-state index in [9.17, 15) is 0 Å². The fraction of sp³-hybridized carbons (Fsp3) is 0.231. The number of fused-ring (bicyclic) bond motifs is 1. The lowest BCUT2D eigenvalue weighted by atomic mass is 9.85. The minimum absolute atomic E-state index is 0.203. The highest BCUT2D eigenvalue weighted by Gasteiger charge is 2.28. The van der Waals surface area contributed by atoms with Crippen molar-refractivity contribution in [3.8, 4) is 11.5 Å². The number of likely N-dealkylation sites (N-methyl/N-ethyl adjacent to an activating group) is 1. The molecule has 0 fully saturated rings. The SMILES string of the molecule is COc1ccc2c(c1)C=C(c1ccccc1)C2c1ccc(OCCN(C)C)cc1. The lowest BCUT2D eigenvalue weighted by Crippen LogP contribution is -2.19. The van der Waals surface area contributed by atoms with E-state index in [1.165, 1.54) is 27.8 Å². The molecular formula is C26H27NO2. The number of benzene rings is 3. The van der Waals surface area contributed by atoms with E-state index in [0.29, 0.717) is 6.61 Å². The topological polar surface area (TPSA) is 21.7 Å². The Kier molecular flexibility index (Phi) is 5.68. The van der Waals surface area contributed by atoms with Gasteiger partial charge in [-0.05, 0) is 72.3 Å². The van der Waals surface area contributed by atoms with Crippen molar-refractivity contribution in [2.24, 2.45) is 0 Å². The van der Waals surface area contributed by atoms with Gasteiger partial charge >= 0.3 is 0 Å². The summed E-state index contributed by atoms with van der Waals surface area (Å²) in [5.74, 6) is 2.00. The van der Waals surface area contributed by atoms with Crippen molar-refractivity contribution in [1.82, 2.24) is 4.90 Å². The predicted octanol–water partition coefficient (Wildman–Crippen LogP) is 5.32. The molecule has 0 saturated carbocycles. The zero-order valence-corrected chi connectivity index (χ0v) is 17.3. The Labute approximate surface area is 173 Å². The lowest BCUT2D eigenvalue weighted by molar-refractivity contribution is 0.261. The van der Waals surface area contributed by atoms with Gasteiger partial charge in [0.2, 0.25) is 0 Å². The Morgan fingerprint density at radius 1 is 0.862 bits per heavy atom. The quantitative estimate of drug-likeness (QED) is 0.549. The van der Waals surface area contributed by atoms with Crippen LogP contribution < -0.4 is 9.47 Å². The van der Waals surface area contributed by atoms with Gasteiger partial charge in [-0.1, -0.05) is 48.5 Å². The molecule has 148 valence electrons. The number of nitrogens with zero attached hydrogens (tertiary/aromatic N) is 1. The summed E-state index contributed by atoms with van der Waals surface area (Å²) < 4.78 is 11.3. The second-order valence-electron chi connectivity index (χ2n) is 7.61. The first-order chi connectivity index (χ1) is 14.2. The number of allylic oxidation sites excluding steroid dienone is 1. The summed E-state index contributed by atoms with van der Waals surface area (Å²) >= 11 is 0. The van der Waals surface area contributed by atoms with E-state index < -0.39 is 0 Å². The minimum Gasteiger partial charge on any atom is -0.497 e. The Bertz CT molecular complexity index is 991. The van der Waals surface area contributed by atoms with Crippen LogP contribution in [0.4, 0.5) is 0 Å². The van der Waals surface area contributed by atoms with Crippen molar-refractivity contribution >= 4 is 11.6 Å². The second kappa shape index (κ2) is 8.54. The Morgan fingerprint density at radius 3 is 2.28 bits per heavy atom. The molecular weight excluding hydrogens is 358 g/mol. The molecule has 1 aliphatic rings. The number of methoxy groups -OCH3 is 1. The van der Waals surface area contributed by atoms with Gasteiger partial charge in [0.25, 0.3) is 0 Å². The lowest BCUT2D eigenvalue weighted by Gasteiger charge is -2.19. The van der Waals surface area contributed by atoms with Crippen LogP contribution in [0.1, 0.15) is 28.2 Å². The van der Waals surface area contributed by atoms with Crippen LogP contribution in [0, 0.1) is 0 Å². The molecule has 0 amide bonds. The third kappa shape index (κ3) is 4.20. The van der Waals surface area contributed by atoms with E-state index in [1.54, 1.807) is 7.11 Å². The van der Waals surface area contributed by atoms with E-state index in [4.69, 9.17) is 9.47 Å². The van der Waals surface area contributed by atoms with Gasteiger partial charge in [0.15, 0.2) is 0 Å². The number of hydrogen-bond donors (Lipinski definition) is 0. The average molecular weight is 386 g/mol. The van der Waals surface area contributed by atoms with Crippen molar-refractivity contribution < 1.29 is 9.47 Å². The van der Waals surface area contributed by atoms with Crippen LogP contribution in [-0.2, 0) is 0 Å². The highest BCUT2D eigenvalue weighted by atomic mass is 16.5. The van der Waals surface area contributed by atoms with Crippen molar-refractivity contribution in [3.05, 3.63) is 95.1 Å². The largest absolute Gasteiger partial charge is 0.497 e. The summed E-state index contributed by atoms with van der Waals surface area (Å²) in [7, 11) is 5.82. The van der Waals surface area contributed by atoms with E-state index in [0.717, 1.165) is 18.0 Å². The second-order valence-corrected chi connectivity index (χ2v) is 7.61. The molecule has 29 heavy (non-hydrogen) atoms. The molecule has 3 aromatic rings. The normalized spacial score (nSPS) is 15.2. The van der Waals surface area contributed by atoms with E-state index in [1.807, 2.05) is 6.07 Å². The molecule has 0 aromatic heterocycles. The number of ether oxygens (including phenoxy) is 2. The summed E-state index contributed by atoms with van der Waals surface area (Å²) in [6.45, 7) is 1.59. The summed E-state index contributed by atoms with van der Waals surface area (Å²) in [5.41, 5.74) is 6.36. The summed E-state index contributed by atoms with van der Waals surface area (Å²) in [4.78, 5) is 2.12.